The van der Waals surface area contributed by atoms with Crippen LogP contribution in [0.3, 0.4) is 0 Å². The molecule has 0 aromatic rings. The number of nitrogens with zero attached hydrogens (tertiary/aromatic N) is 1. The van der Waals surface area contributed by atoms with Gasteiger partial charge in [-0.15, -0.1) is 0 Å². The molecule has 13 heavy (non-hydrogen) atoms. The third kappa shape index (κ3) is 4.01. The Balaban J connectivity index is 4.58. The van der Waals surface area contributed by atoms with Crippen molar-refractivity contribution in [3.63, 3.8) is 0 Å². The zero-order valence-corrected chi connectivity index (χ0v) is 8.24. The van der Waals surface area contributed by atoms with Crippen LogP contribution in [0.25, 0.3) is 0 Å². The fraction of sp³-hybridized carbons (Fsp3) is 1.00. The maximum Gasteiger partial charge on any atom is 0.336 e. The molecule has 0 bridgehead atoms. The predicted octanol–water partition coefficient (Wildman–Crippen LogP) is -1.15. The highest BCUT2D eigenvalue weighted by atomic mass is 32.2. The lowest BCUT2D eigenvalue weighted by atomic mass is 10.2. The number of rotatable bonds is 6. The van der Waals surface area contributed by atoms with Crippen molar-refractivity contribution in [1.29, 1.82) is 0 Å². The molecular formula is C6H15NO5S. The minimum absolute atomic E-state index is 0.210. The highest BCUT2D eigenvalue weighted by Gasteiger charge is 2.25. The van der Waals surface area contributed by atoms with Gasteiger partial charge in [-0.2, -0.15) is 12.7 Å². The molecule has 6 nitrogen and oxygen atoms in total. The summed E-state index contributed by atoms with van der Waals surface area (Å²) in [6.45, 7) is 0.695. The molecule has 0 aliphatic rings. The SMILES string of the molecule is CCC(CO)N(CCO)S(=O)(=O)O. The molecule has 0 saturated heterocycles. The maximum absolute atomic E-state index is 10.7. The quantitative estimate of drug-likeness (QED) is 0.484. The lowest BCUT2D eigenvalue weighted by molar-refractivity contribution is 0.152. The highest BCUT2D eigenvalue weighted by molar-refractivity contribution is 7.83. The second kappa shape index (κ2) is 5.51. The van der Waals surface area contributed by atoms with Gasteiger partial charge in [0.15, 0.2) is 0 Å². The van der Waals surface area contributed by atoms with E-state index < -0.39 is 23.0 Å². The minimum atomic E-state index is -4.34. The average Bonchev–Trinajstić information content (AvgIpc) is 2.03. The number of hydrogen-bond acceptors (Lipinski definition) is 4. The summed E-state index contributed by atoms with van der Waals surface area (Å²) in [6, 6.07) is -0.679. The Bertz CT molecular complexity index is 223. The van der Waals surface area contributed by atoms with Gasteiger partial charge in [0, 0.05) is 12.6 Å². The van der Waals surface area contributed by atoms with Gasteiger partial charge in [-0.05, 0) is 6.42 Å². The van der Waals surface area contributed by atoms with Crippen molar-refractivity contribution in [3.05, 3.63) is 0 Å². The van der Waals surface area contributed by atoms with Crippen molar-refractivity contribution in [3.8, 4) is 0 Å². The number of hydrogen-bond donors (Lipinski definition) is 3. The minimum Gasteiger partial charge on any atom is -0.395 e. The molecular weight excluding hydrogens is 198 g/mol. The zero-order valence-electron chi connectivity index (χ0n) is 7.42. The Morgan fingerprint density at radius 2 is 1.92 bits per heavy atom. The summed E-state index contributed by atoms with van der Waals surface area (Å²) in [7, 11) is -4.34. The largest absolute Gasteiger partial charge is 0.395 e. The van der Waals surface area contributed by atoms with Gasteiger partial charge in [-0.1, -0.05) is 6.92 Å². The zero-order chi connectivity index (χ0) is 10.5. The predicted molar refractivity (Wildman–Crippen MR) is 46.5 cm³/mol. The Morgan fingerprint density at radius 1 is 1.38 bits per heavy atom. The standard InChI is InChI=1S/C6H15NO5S/c1-2-6(5-9)7(3-4-8)13(10,11)12/h6,8-9H,2-5H2,1H3,(H,10,11,12). The second-order valence-electron chi connectivity index (χ2n) is 2.56. The Kier molecular flexibility index (Phi) is 5.42. The van der Waals surface area contributed by atoms with Crippen molar-refractivity contribution < 1.29 is 23.2 Å². The van der Waals surface area contributed by atoms with E-state index in [4.69, 9.17) is 14.8 Å². The van der Waals surface area contributed by atoms with E-state index in [-0.39, 0.29) is 13.2 Å². The molecule has 1 unspecified atom stereocenters. The summed E-state index contributed by atoms with van der Waals surface area (Å²) >= 11 is 0. The van der Waals surface area contributed by atoms with Crippen LogP contribution < -0.4 is 0 Å². The summed E-state index contributed by atoms with van der Waals surface area (Å²) < 4.78 is 30.9. The molecule has 0 aliphatic carbocycles. The van der Waals surface area contributed by atoms with Crippen LogP contribution in [0.5, 0.6) is 0 Å². The lowest BCUT2D eigenvalue weighted by Gasteiger charge is -2.24. The van der Waals surface area contributed by atoms with E-state index >= 15 is 0 Å². The topological polar surface area (TPSA) is 98.1 Å². The third-order valence-corrected chi connectivity index (χ3v) is 2.78. The van der Waals surface area contributed by atoms with E-state index in [0.717, 1.165) is 0 Å². The van der Waals surface area contributed by atoms with E-state index in [2.05, 4.69) is 0 Å². The Labute approximate surface area is 77.7 Å². The molecule has 0 radical (unpaired) electrons. The summed E-state index contributed by atoms with van der Waals surface area (Å²) in [5.41, 5.74) is 0. The molecule has 0 spiro atoms. The van der Waals surface area contributed by atoms with E-state index in [1.165, 1.54) is 0 Å². The molecule has 80 valence electrons. The van der Waals surface area contributed by atoms with Crippen LogP contribution in [-0.2, 0) is 10.3 Å². The Hall–Kier alpha value is -0.210. The summed E-state index contributed by atoms with van der Waals surface area (Å²) in [6.07, 6.45) is 0.371. The molecule has 0 saturated carbocycles. The first-order valence-electron chi connectivity index (χ1n) is 3.93. The van der Waals surface area contributed by atoms with E-state index in [0.29, 0.717) is 10.7 Å². The van der Waals surface area contributed by atoms with E-state index in [9.17, 15) is 8.42 Å². The number of aliphatic hydroxyl groups is 2. The van der Waals surface area contributed by atoms with Crippen LogP contribution >= 0.6 is 0 Å². The van der Waals surface area contributed by atoms with Crippen LogP contribution in [0.15, 0.2) is 0 Å². The Morgan fingerprint density at radius 3 is 2.15 bits per heavy atom. The molecule has 7 heteroatoms. The fourth-order valence-corrected chi connectivity index (χ4v) is 1.91. The van der Waals surface area contributed by atoms with Gasteiger partial charge in [0.1, 0.15) is 0 Å². The average molecular weight is 213 g/mol. The van der Waals surface area contributed by atoms with Crippen molar-refractivity contribution in [1.82, 2.24) is 4.31 Å². The van der Waals surface area contributed by atoms with Gasteiger partial charge < -0.3 is 10.2 Å². The monoisotopic (exact) mass is 213 g/mol. The maximum atomic E-state index is 10.7. The van der Waals surface area contributed by atoms with Gasteiger partial charge in [0.25, 0.3) is 0 Å². The van der Waals surface area contributed by atoms with E-state index in [1.807, 2.05) is 0 Å². The van der Waals surface area contributed by atoms with Crippen LogP contribution in [-0.4, -0.2) is 53.3 Å². The van der Waals surface area contributed by atoms with Crippen LogP contribution in [0.4, 0.5) is 0 Å². The van der Waals surface area contributed by atoms with Crippen LogP contribution in [0.2, 0.25) is 0 Å². The first kappa shape index (κ1) is 12.8. The van der Waals surface area contributed by atoms with Gasteiger partial charge >= 0.3 is 10.3 Å². The van der Waals surface area contributed by atoms with Crippen molar-refractivity contribution >= 4 is 10.3 Å². The van der Waals surface area contributed by atoms with Crippen LogP contribution in [0.1, 0.15) is 13.3 Å². The molecule has 1 atom stereocenters. The molecule has 0 rings (SSSR count). The van der Waals surface area contributed by atoms with E-state index in [1.54, 1.807) is 6.92 Å². The van der Waals surface area contributed by atoms with Gasteiger partial charge in [0.05, 0.1) is 13.2 Å². The van der Waals surface area contributed by atoms with Crippen molar-refractivity contribution in [2.75, 3.05) is 19.8 Å². The molecule has 0 fully saturated rings. The van der Waals surface area contributed by atoms with Gasteiger partial charge in [-0.3, -0.25) is 4.55 Å². The third-order valence-electron chi connectivity index (χ3n) is 1.71. The lowest BCUT2D eigenvalue weighted by Crippen LogP contribution is -2.43. The fourth-order valence-electron chi connectivity index (χ4n) is 1.01. The summed E-state index contributed by atoms with van der Waals surface area (Å²) in [4.78, 5) is 0. The molecule has 0 aliphatic heterocycles. The molecule has 0 aromatic carbocycles. The second-order valence-corrected chi connectivity index (χ2v) is 3.92. The van der Waals surface area contributed by atoms with Gasteiger partial charge in [0.2, 0.25) is 0 Å². The first-order chi connectivity index (χ1) is 5.97. The molecule has 3 N–H and O–H groups in total. The normalized spacial score (nSPS) is 14.8. The summed E-state index contributed by atoms with van der Waals surface area (Å²) in [5.74, 6) is 0. The number of aliphatic hydroxyl groups excluding tert-OH is 2. The van der Waals surface area contributed by atoms with Gasteiger partial charge in [-0.25, -0.2) is 0 Å². The molecule has 0 amide bonds. The van der Waals surface area contributed by atoms with Crippen molar-refractivity contribution in [2.24, 2.45) is 0 Å². The summed E-state index contributed by atoms with van der Waals surface area (Å²) in [5, 5.41) is 17.3. The smallest absolute Gasteiger partial charge is 0.336 e. The van der Waals surface area contributed by atoms with Crippen molar-refractivity contribution in [2.45, 2.75) is 19.4 Å². The first-order valence-corrected chi connectivity index (χ1v) is 5.33. The van der Waals surface area contributed by atoms with Crippen LogP contribution in [0, 0.1) is 0 Å². The molecule has 0 heterocycles. The highest BCUT2D eigenvalue weighted by Crippen LogP contribution is 2.07. The molecule has 0 aromatic heterocycles.